The number of hydrogen-bond donors (Lipinski definition) is 1. The molecule has 0 spiro atoms. The molecule has 2 N–H and O–H groups in total. The molecule has 1 aromatic rings. The van der Waals surface area contributed by atoms with Crippen molar-refractivity contribution < 1.29 is 14.0 Å². The van der Waals surface area contributed by atoms with Gasteiger partial charge in [0.05, 0.1) is 5.69 Å². The maximum absolute atomic E-state index is 14.3. The number of benzene rings is 1. The summed E-state index contributed by atoms with van der Waals surface area (Å²) < 4.78 is 14.3. The molecule has 130 valence electrons. The van der Waals surface area contributed by atoms with Crippen LogP contribution in [0.25, 0.3) is 0 Å². The summed E-state index contributed by atoms with van der Waals surface area (Å²) >= 11 is 0. The second-order valence-corrected chi connectivity index (χ2v) is 6.80. The van der Waals surface area contributed by atoms with Crippen molar-refractivity contribution >= 4 is 17.4 Å². The van der Waals surface area contributed by atoms with Crippen molar-refractivity contribution in [1.82, 2.24) is 4.90 Å². The number of carbonyl (C=O) groups is 2. The molecule has 2 aliphatic rings. The van der Waals surface area contributed by atoms with Crippen molar-refractivity contribution in [2.45, 2.75) is 32.2 Å². The number of rotatable bonds is 3. The van der Waals surface area contributed by atoms with Gasteiger partial charge < -0.3 is 15.5 Å². The highest BCUT2D eigenvalue weighted by Crippen LogP contribution is 2.27. The Kier molecular flexibility index (Phi) is 4.85. The van der Waals surface area contributed by atoms with E-state index in [-0.39, 0.29) is 29.5 Å². The van der Waals surface area contributed by atoms with Crippen LogP contribution in [-0.2, 0) is 4.79 Å². The first-order valence-corrected chi connectivity index (χ1v) is 8.55. The lowest BCUT2D eigenvalue weighted by Gasteiger charge is -2.37. The van der Waals surface area contributed by atoms with Gasteiger partial charge in [0.2, 0.25) is 5.91 Å². The van der Waals surface area contributed by atoms with E-state index in [9.17, 15) is 14.0 Å². The second-order valence-electron chi connectivity index (χ2n) is 6.80. The number of nitrogens with zero attached hydrogens (tertiary/aromatic N) is 2. The summed E-state index contributed by atoms with van der Waals surface area (Å²) in [6.45, 7) is 3.81. The Morgan fingerprint density at radius 3 is 2.42 bits per heavy atom. The van der Waals surface area contributed by atoms with Crippen molar-refractivity contribution in [2.24, 2.45) is 11.7 Å². The van der Waals surface area contributed by atoms with Gasteiger partial charge in [0.25, 0.3) is 0 Å². The van der Waals surface area contributed by atoms with Gasteiger partial charge in [-0.15, -0.1) is 0 Å². The van der Waals surface area contributed by atoms with E-state index >= 15 is 0 Å². The highest BCUT2D eigenvalue weighted by Gasteiger charge is 2.32. The maximum Gasteiger partial charge on any atom is 0.225 e. The molecule has 3 rings (SSSR count). The summed E-state index contributed by atoms with van der Waals surface area (Å²) in [5.74, 6) is -0.289. The van der Waals surface area contributed by atoms with Crippen LogP contribution in [0.4, 0.5) is 10.1 Å². The highest BCUT2D eigenvalue weighted by molar-refractivity contribution is 5.94. The summed E-state index contributed by atoms with van der Waals surface area (Å²) in [5, 5.41) is 0. The lowest BCUT2D eigenvalue weighted by molar-refractivity contribution is -0.135. The van der Waals surface area contributed by atoms with Gasteiger partial charge in [-0.1, -0.05) is 0 Å². The number of nitrogens with two attached hydrogens (primary N) is 1. The number of ketones is 1. The number of halogens is 1. The molecule has 1 heterocycles. The Labute approximate surface area is 141 Å². The Hall–Kier alpha value is -1.95. The molecule has 1 aromatic carbocycles. The molecule has 5 nitrogen and oxygen atoms in total. The standard InChI is InChI=1S/C18H24FN3O2/c1-12(23)13-3-5-17(16(19)11-13)21-6-8-22(9-7-21)18(24)14-2-4-15(20)10-14/h3,5,11,14-15H,2,4,6-10,20H2,1H3. The minimum absolute atomic E-state index is 0.0538. The predicted octanol–water partition coefficient (Wildman–Crippen LogP) is 1.80. The number of hydrogen-bond acceptors (Lipinski definition) is 4. The molecule has 1 saturated heterocycles. The fourth-order valence-corrected chi connectivity index (χ4v) is 3.65. The second kappa shape index (κ2) is 6.89. The van der Waals surface area contributed by atoms with E-state index in [1.54, 1.807) is 12.1 Å². The van der Waals surface area contributed by atoms with E-state index in [4.69, 9.17) is 5.73 Å². The lowest BCUT2D eigenvalue weighted by atomic mass is 10.1. The molecule has 2 fully saturated rings. The number of amides is 1. The summed E-state index contributed by atoms with van der Waals surface area (Å²) in [5.41, 5.74) is 6.77. The van der Waals surface area contributed by atoms with Crippen LogP contribution in [-0.4, -0.2) is 48.8 Å². The average molecular weight is 333 g/mol. The monoisotopic (exact) mass is 333 g/mol. The first-order chi connectivity index (χ1) is 11.5. The van der Waals surface area contributed by atoms with Crippen LogP contribution < -0.4 is 10.6 Å². The topological polar surface area (TPSA) is 66.6 Å². The lowest BCUT2D eigenvalue weighted by Crippen LogP contribution is -2.50. The molecule has 2 unspecified atom stereocenters. The number of piperazine rings is 1. The number of Topliss-reactive ketones (excluding diaryl/α,β-unsaturated/α-hetero) is 1. The van der Waals surface area contributed by atoms with Gasteiger partial charge in [0, 0.05) is 43.7 Å². The van der Waals surface area contributed by atoms with E-state index in [1.165, 1.54) is 13.0 Å². The zero-order valence-corrected chi connectivity index (χ0v) is 14.0. The Morgan fingerprint density at radius 1 is 1.17 bits per heavy atom. The minimum Gasteiger partial charge on any atom is -0.366 e. The van der Waals surface area contributed by atoms with Gasteiger partial charge in [0.15, 0.2) is 5.78 Å². The predicted molar refractivity (Wildman–Crippen MR) is 90.5 cm³/mol. The Balaban J connectivity index is 1.61. The summed E-state index contributed by atoms with van der Waals surface area (Å²) in [6.07, 6.45) is 2.58. The molecule has 6 heteroatoms. The molecule has 0 bridgehead atoms. The van der Waals surface area contributed by atoms with Gasteiger partial charge in [-0.2, -0.15) is 0 Å². The van der Waals surface area contributed by atoms with Crippen LogP contribution in [0.3, 0.4) is 0 Å². The normalized spacial score (nSPS) is 24.3. The zero-order chi connectivity index (χ0) is 17.3. The highest BCUT2D eigenvalue weighted by atomic mass is 19.1. The molecular weight excluding hydrogens is 309 g/mol. The molecule has 1 amide bonds. The third-order valence-electron chi connectivity index (χ3n) is 5.11. The molecule has 0 radical (unpaired) electrons. The first-order valence-electron chi connectivity index (χ1n) is 8.55. The van der Waals surface area contributed by atoms with Crippen LogP contribution in [0.2, 0.25) is 0 Å². The molecule has 1 aliphatic carbocycles. The van der Waals surface area contributed by atoms with E-state index in [2.05, 4.69) is 0 Å². The van der Waals surface area contributed by atoms with Gasteiger partial charge in [-0.3, -0.25) is 9.59 Å². The molecule has 1 aliphatic heterocycles. The Morgan fingerprint density at radius 2 is 1.88 bits per heavy atom. The van der Waals surface area contributed by atoms with Crippen LogP contribution in [0.1, 0.15) is 36.5 Å². The van der Waals surface area contributed by atoms with E-state index in [0.29, 0.717) is 37.4 Å². The largest absolute Gasteiger partial charge is 0.366 e. The first kappa shape index (κ1) is 16.9. The van der Waals surface area contributed by atoms with Gasteiger partial charge >= 0.3 is 0 Å². The molecular formula is C18H24FN3O2. The van der Waals surface area contributed by atoms with Crippen molar-refractivity contribution in [1.29, 1.82) is 0 Å². The fraction of sp³-hybridized carbons (Fsp3) is 0.556. The van der Waals surface area contributed by atoms with E-state index < -0.39 is 0 Å². The summed E-state index contributed by atoms with van der Waals surface area (Å²) in [6, 6.07) is 4.74. The Bertz CT molecular complexity index is 641. The van der Waals surface area contributed by atoms with Crippen LogP contribution in [0.15, 0.2) is 18.2 Å². The van der Waals surface area contributed by atoms with Crippen LogP contribution >= 0.6 is 0 Å². The van der Waals surface area contributed by atoms with Gasteiger partial charge in [-0.25, -0.2) is 4.39 Å². The SMILES string of the molecule is CC(=O)c1ccc(N2CCN(C(=O)C3CCC(N)C3)CC2)c(F)c1. The molecule has 2 atom stereocenters. The van der Waals surface area contributed by atoms with Gasteiger partial charge in [-0.05, 0) is 44.4 Å². The van der Waals surface area contributed by atoms with Crippen molar-refractivity contribution in [3.63, 3.8) is 0 Å². The van der Waals surface area contributed by atoms with E-state index in [1.807, 2.05) is 9.80 Å². The van der Waals surface area contributed by atoms with Crippen LogP contribution in [0.5, 0.6) is 0 Å². The maximum atomic E-state index is 14.3. The smallest absolute Gasteiger partial charge is 0.225 e. The number of carbonyl (C=O) groups excluding carboxylic acids is 2. The summed E-state index contributed by atoms with van der Waals surface area (Å²) in [4.78, 5) is 27.6. The zero-order valence-electron chi connectivity index (χ0n) is 14.0. The van der Waals surface area contributed by atoms with Crippen molar-refractivity contribution in [3.8, 4) is 0 Å². The summed E-state index contributed by atoms with van der Waals surface area (Å²) in [7, 11) is 0. The third kappa shape index (κ3) is 3.43. The van der Waals surface area contributed by atoms with Gasteiger partial charge in [0.1, 0.15) is 5.82 Å². The van der Waals surface area contributed by atoms with Crippen molar-refractivity contribution in [2.75, 3.05) is 31.1 Å². The minimum atomic E-state index is -0.385. The average Bonchev–Trinajstić information content (AvgIpc) is 3.00. The quantitative estimate of drug-likeness (QED) is 0.857. The third-order valence-corrected chi connectivity index (χ3v) is 5.11. The van der Waals surface area contributed by atoms with Crippen LogP contribution in [0, 0.1) is 11.7 Å². The molecule has 0 aromatic heterocycles. The number of anilines is 1. The fourth-order valence-electron chi connectivity index (χ4n) is 3.65. The molecule has 24 heavy (non-hydrogen) atoms. The van der Waals surface area contributed by atoms with Crippen molar-refractivity contribution in [3.05, 3.63) is 29.6 Å². The van der Waals surface area contributed by atoms with E-state index in [0.717, 1.165) is 19.3 Å². The molecule has 1 saturated carbocycles.